The summed E-state index contributed by atoms with van der Waals surface area (Å²) >= 11 is 1.55. The summed E-state index contributed by atoms with van der Waals surface area (Å²) < 4.78 is 18.5. The first-order valence-electron chi connectivity index (χ1n) is 7.84. The highest BCUT2D eigenvalue weighted by atomic mass is 32.1. The van der Waals surface area contributed by atoms with Crippen LogP contribution in [0.2, 0.25) is 0 Å². The van der Waals surface area contributed by atoms with Crippen molar-refractivity contribution in [3.8, 4) is 27.7 Å². The van der Waals surface area contributed by atoms with Gasteiger partial charge in [-0.2, -0.15) is 4.80 Å². The van der Waals surface area contributed by atoms with Gasteiger partial charge in [-0.15, -0.1) is 21.5 Å². The molecular weight excluding hydrogens is 353 g/mol. The third-order valence-electron chi connectivity index (χ3n) is 3.73. The molecule has 0 aliphatic rings. The standard InChI is InChI=1S/C18H14FN5OS/c1-25-16-7-5-12(6-8-16)18-20-15(11-26-18)10-24-22-17(21-23-24)13-3-2-4-14(19)9-13/h2-9,11H,10H2,1H3. The number of aromatic nitrogens is 5. The molecule has 0 atom stereocenters. The van der Waals surface area contributed by atoms with Gasteiger partial charge in [0, 0.05) is 16.5 Å². The van der Waals surface area contributed by atoms with Crippen LogP contribution in [0.5, 0.6) is 5.75 Å². The summed E-state index contributed by atoms with van der Waals surface area (Å²) in [6.07, 6.45) is 0. The van der Waals surface area contributed by atoms with Crippen LogP contribution < -0.4 is 4.74 Å². The Labute approximate surface area is 152 Å². The molecule has 2 aromatic carbocycles. The molecule has 4 rings (SSSR count). The van der Waals surface area contributed by atoms with Crippen molar-refractivity contribution in [3.05, 3.63) is 65.4 Å². The van der Waals surface area contributed by atoms with E-state index in [-0.39, 0.29) is 5.82 Å². The maximum absolute atomic E-state index is 13.3. The molecule has 26 heavy (non-hydrogen) atoms. The van der Waals surface area contributed by atoms with Gasteiger partial charge in [0.15, 0.2) is 0 Å². The summed E-state index contributed by atoms with van der Waals surface area (Å²) in [6.45, 7) is 0.398. The van der Waals surface area contributed by atoms with Gasteiger partial charge in [-0.25, -0.2) is 9.37 Å². The molecule has 0 fully saturated rings. The number of methoxy groups -OCH3 is 1. The van der Waals surface area contributed by atoms with Crippen molar-refractivity contribution in [2.24, 2.45) is 0 Å². The van der Waals surface area contributed by atoms with Crippen LogP contribution in [0.25, 0.3) is 22.0 Å². The topological polar surface area (TPSA) is 65.7 Å². The van der Waals surface area contributed by atoms with Crippen molar-refractivity contribution in [2.75, 3.05) is 7.11 Å². The van der Waals surface area contributed by atoms with Crippen molar-refractivity contribution >= 4 is 11.3 Å². The van der Waals surface area contributed by atoms with E-state index < -0.39 is 0 Å². The summed E-state index contributed by atoms with van der Waals surface area (Å²) in [5, 5.41) is 15.2. The molecule has 0 spiro atoms. The molecule has 0 aliphatic heterocycles. The second-order valence-corrected chi connectivity index (χ2v) is 6.38. The average molecular weight is 367 g/mol. The average Bonchev–Trinajstić information content (AvgIpc) is 3.32. The largest absolute Gasteiger partial charge is 0.497 e. The van der Waals surface area contributed by atoms with E-state index >= 15 is 0 Å². The molecule has 0 aliphatic carbocycles. The van der Waals surface area contributed by atoms with Gasteiger partial charge in [-0.3, -0.25) is 0 Å². The highest BCUT2D eigenvalue weighted by Crippen LogP contribution is 2.26. The van der Waals surface area contributed by atoms with Gasteiger partial charge < -0.3 is 4.74 Å². The zero-order valence-electron chi connectivity index (χ0n) is 13.8. The lowest BCUT2D eigenvalue weighted by Crippen LogP contribution is -2.04. The molecule has 0 amide bonds. The van der Waals surface area contributed by atoms with E-state index in [2.05, 4.69) is 20.4 Å². The number of hydrogen-bond acceptors (Lipinski definition) is 6. The van der Waals surface area contributed by atoms with Crippen molar-refractivity contribution in [1.29, 1.82) is 0 Å². The fourth-order valence-electron chi connectivity index (χ4n) is 2.44. The van der Waals surface area contributed by atoms with Crippen LogP contribution in [0, 0.1) is 5.82 Å². The highest BCUT2D eigenvalue weighted by Gasteiger charge is 2.10. The number of thiazole rings is 1. The van der Waals surface area contributed by atoms with Gasteiger partial charge >= 0.3 is 0 Å². The maximum atomic E-state index is 13.3. The highest BCUT2D eigenvalue weighted by molar-refractivity contribution is 7.13. The number of nitrogens with zero attached hydrogens (tertiary/aromatic N) is 5. The number of halogens is 1. The normalized spacial score (nSPS) is 10.8. The van der Waals surface area contributed by atoms with E-state index in [1.54, 1.807) is 30.6 Å². The first kappa shape index (κ1) is 16.3. The number of ether oxygens (including phenoxy) is 1. The zero-order chi connectivity index (χ0) is 17.9. The van der Waals surface area contributed by atoms with E-state index in [9.17, 15) is 4.39 Å². The SMILES string of the molecule is COc1ccc(-c2nc(Cn3nnc(-c4cccc(F)c4)n3)cs2)cc1. The summed E-state index contributed by atoms with van der Waals surface area (Å²) in [4.78, 5) is 6.07. The van der Waals surface area contributed by atoms with Crippen LogP contribution >= 0.6 is 11.3 Å². The van der Waals surface area contributed by atoms with Gasteiger partial charge in [0.1, 0.15) is 23.1 Å². The fourth-order valence-corrected chi connectivity index (χ4v) is 3.26. The number of tetrazole rings is 1. The summed E-state index contributed by atoms with van der Waals surface area (Å²) in [5.74, 6) is 0.861. The maximum Gasteiger partial charge on any atom is 0.205 e. The van der Waals surface area contributed by atoms with Crippen molar-refractivity contribution in [2.45, 2.75) is 6.54 Å². The molecule has 0 radical (unpaired) electrons. The molecule has 0 unspecified atom stereocenters. The predicted octanol–water partition coefficient (Wildman–Crippen LogP) is 3.66. The molecule has 6 nitrogen and oxygen atoms in total. The predicted molar refractivity (Wildman–Crippen MR) is 96.4 cm³/mol. The Morgan fingerprint density at radius 3 is 2.73 bits per heavy atom. The van der Waals surface area contributed by atoms with Crippen LogP contribution in [-0.2, 0) is 6.54 Å². The molecule has 2 aromatic heterocycles. The molecule has 130 valence electrons. The number of benzene rings is 2. The minimum absolute atomic E-state index is 0.331. The molecule has 4 aromatic rings. The number of rotatable bonds is 5. The fraction of sp³-hybridized carbons (Fsp3) is 0.111. The van der Waals surface area contributed by atoms with Crippen LogP contribution in [0.1, 0.15) is 5.69 Å². The lowest BCUT2D eigenvalue weighted by Gasteiger charge is -2.00. The van der Waals surface area contributed by atoms with Gasteiger partial charge in [0.05, 0.1) is 12.8 Å². The minimum Gasteiger partial charge on any atom is -0.497 e. The Hall–Kier alpha value is -3.13. The summed E-state index contributed by atoms with van der Waals surface area (Å²) in [5.41, 5.74) is 2.45. The van der Waals surface area contributed by atoms with Crippen LogP contribution in [-0.4, -0.2) is 32.3 Å². The Kier molecular flexibility index (Phi) is 4.40. The molecule has 0 bridgehead atoms. The first-order valence-corrected chi connectivity index (χ1v) is 8.72. The lowest BCUT2D eigenvalue weighted by molar-refractivity contribution is 0.415. The summed E-state index contributed by atoms with van der Waals surface area (Å²) in [7, 11) is 1.64. The van der Waals surface area contributed by atoms with Crippen LogP contribution in [0.4, 0.5) is 4.39 Å². The monoisotopic (exact) mass is 367 g/mol. The van der Waals surface area contributed by atoms with Gasteiger partial charge in [0.25, 0.3) is 0 Å². The van der Waals surface area contributed by atoms with Crippen LogP contribution in [0.15, 0.2) is 53.9 Å². The van der Waals surface area contributed by atoms with Gasteiger partial charge in [0.2, 0.25) is 5.82 Å². The third-order valence-corrected chi connectivity index (χ3v) is 4.67. The van der Waals surface area contributed by atoms with Crippen molar-refractivity contribution in [3.63, 3.8) is 0 Å². The molecule has 0 saturated carbocycles. The molecule has 0 saturated heterocycles. The van der Waals surface area contributed by atoms with E-state index in [1.165, 1.54) is 16.9 Å². The smallest absolute Gasteiger partial charge is 0.205 e. The lowest BCUT2D eigenvalue weighted by atomic mass is 10.2. The van der Waals surface area contributed by atoms with Gasteiger partial charge in [-0.05, 0) is 41.6 Å². The zero-order valence-corrected chi connectivity index (χ0v) is 14.7. The minimum atomic E-state index is -0.331. The van der Waals surface area contributed by atoms with Crippen molar-refractivity contribution < 1.29 is 9.13 Å². The molecular formula is C18H14FN5OS. The van der Waals surface area contributed by atoms with E-state index in [0.29, 0.717) is 17.9 Å². The van der Waals surface area contributed by atoms with Crippen molar-refractivity contribution in [1.82, 2.24) is 25.2 Å². The summed E-state index contributed by atoms with van der Waals surface area (Å²) in [6, 6.07) is 13.9. The molecule has 2 heterocycles. The van der Waals surface area contributed by atoms with Gasteiger partial charge in [-0.1, -0.05) is 12.1 Å². The Morgan fingerprint density at radius 2 is 1.96 bits per heavy atom. The van der Waals surface area contributed by atoms with Crippen LogP contribution in [0.3, 0.4) is 0 Å². The Balaban J connectivity index is 1.51. The second kappa shape index (κ2) is 7.01. The molecule has 0 N–H and O–H groups in total. The molecule has 8 heteroatoms. The Bertz CT molecular complexity index is 1030. The van der Waals surface area contributed by atoms with E-state index in [0.717, 1.165) is 22.0 Å². The second-order valence-electron chi connectivity index (χ2n) is 5.53. The Morgan fingerprint density at radius 1 is 1.12 bits per heavy atom. The van der Waals surface area contributed by atoms with E-state index in [4.69, 9.17) is 4.74 Å². The first-order chi connectivity index (χ1) is 12.7. The third kappa shape index (κ3) is 3.45. The number of hydrogen-bond donors (Lipinski definition) is 0. The quantitative estimate of drug-likeness (QED) is 0.539. The van der Waals surface area contributed by atoms with E-state index in [1.807, 2.05) is 29.6 Å².